The van der Waals surface area contributed by atoms with Crippen LogP contribution in [0, 0.1) is 29.1 Å². The van der Waals surface area contributed by atoms with E-state index in [0.717, 1.165) is 30.7 Å². The first-order valence-corrected chi connectivity index (χ1v) is 10.0. The number of rotatable bonds is 2. The molecule has 24 heavy (non-hydrogen) atoms. The molecular weight excluding hydrogens is 298 g/mol. The van der Waals surface area contributed by atoms with Crippen LogP contribution in [0.3, 0.4) is 0 Å². The Morgan fingerprint density at radius 3 is 2.42 bits per heavy atom. The molecule has 4 nitrogen and oxygen atoms in total. The first-order chi connectivity index (χ1) is 11.7. The SMILES string of the molecule is O=C(N1CCc2[nH]cnc2C1C1CC1)C12CC3CC(CC(C3)C1)C2. The molecule has 0 aromatic carbocycles. The molecule has 1 aromatic rings. The number of aromatic nitrogens is 2. The maximum absolute atomic E-state index is 13.8. The number of hydrogen-bond donors (Lipinski definition) is 1. The van der Waals surface area contributed by atoms with Gasteiger partial charge in [-0.3, -0.25) is 4.79 Å². The monoisotopic (exact) mass is 325 g/mol. The highest BCUT2D eigenvalue weighted by Gasteiger charge is 2.57. The predicted octanol–water partition coefficient (Wildman–Crippen LogP) is 3.46. The largest absolute Gasteiger partial charge is 0.348 e. The summed E-state index contributed by atoms with van der Waals surface area (Å²) < 4.78 is 0. The summed E-state index contributed by atoms with van der Waals surface area (Å²) in [4.78, 5) is 24.0. The first-order valence-electron chi connectivity index (χ1n) is 10.0. The summed E-state index contributed by atoms with van der Waals surface area (Å²) in [5, 5.41) is 0. The Kier molecular flexibility index (Phi) is 2.69. The zero-order valence-electron chi connectivity index (χ0n) is 14.3. The molecule has 0 spiro atoms. The third-order valence-electron chi connectivity index (χ3n) is 7.79. The van der Waals surface area contributed by atoms with Gasteiger partial charge in [0, 0.05) is 18.7 Å². The lowest BCUT2D eigenvalue weighted by atomic mass is 9.49. The number of aromatic amines is 1. The van der Waals surface area contributed by atoms with Crippen molar-refractivity contribution in [3.63, 3.8) is 0 Å². The van der Waals surface area contributed by atoms with Gasteiger partial charge >= 0.3 is 0 Å². The lowest BCUT2D eigenvalue weighted by Gasteiger charge is -2.57. The van der Waals surface area contributed by atoms with Crippen molar-refractivity contribution in [1.29, 1.82) is 0 Å². The van der Waals surface area contributed by atoms with E-state index in [9.17, 15) is 4.79 Å². The van der Waals surface area contributed by atoms with Gasteiger partial charge < -0.3 is 9.88 Å². The fourth-order valence-corrected chi connectivity index (χ4v) is 7.10. The molecule has 5 fully saturated rings. The van der Waals surface area contributed by atoms with E-state index in [4.69, 9.17) is 0 Å². The van der Waals surface area contributed by atoms with Crippen molar-refractivity contribution in [3.8, 4) is 0 Å². The van der Waals surface area contributed by atoms with E-state index in [1.54, 1.807) is 0 Å². The van der Waals surface area contributed by atoms with E-state index < -0.39 is 0 Å². The molecule has 1 unspecified atom stereocenters. The Morgan fingerprint density at radius 1 is 1.12 bits per heavy atom. The van der Waals surface area contributed by atoms with Crippen molar-refractivity contribution in [1.82, 2.24) is 14.9 Å². The Balaban J connectivity index is 1.35. The van der Waals surface area contributed by atoms with Crippen molar-refractivity contribution in [2.24, 2.45) is 29.1 Å². The summed E-state index contributed by atoms with van der Waals surface area (Å²) in [6.45, 7) is 0.900. The Bertz CT molecular complexity index is 654. The predicted molar refractivity (Wildman–Crippen MR) is 90.1 cm³/mol. The molecular formula is C20H27N3O. The third kappa shape index (κ3) is 1.86. The summed E-state index contributed by atoms with van der Waals surface area (Å²) >= 11 is 0. The van der Waals surface area contributed by atoms with Gasteiger partial charge in [-0.1, -0.05) is 0 Å². The molecule has 0 radical (unpaired) electrons. The van der Waals surface area contributed by atoms with E-state index in [1.807, 2.05) is 6.33 Å². The molecule has 5 aliphatic carbocycles. The molecule has 1 amide bonds. The van der Waals surface area contributed by atoms with Crippen LogP contribution in [0.2, 0.25) is 0 Å². The Morgan fingerprint density at radius 2 is 1.79 bits per heavy atom. The molecule has 1 N–H and O–H groups in total. The van der Waals surface area contributed by atoms with Gasteiger partial charge in [-0.05, 0) is 75.0 Å². The summed E-state index contributed by atoms with van der Waals surface area (Å²) in [6.07, 6.45) is 13.1. The lowest BCUT2D eigenvalue weighted by Crippen LogP contribution is -2.56. The molecule has 4 heteroatoms. The van der Waals surface area contributed by atoms with Crippen LogP contribution in [0.4, 0.5) is 0 Å². The highest BCUT2D eigenvalue weighted by molar-refractivity contribution is 5.84. The molecule has 1 aromatic heterocycles. The van der Waals surface area contributed by atoms with Gasteiger partial charge in [0.05, 0.1) is 23.5 Å². The van der Waals surface area contributed by atoms with Gasteiger partial charge in [-0.2, -0.15) is 0 Å². The van der Waals surface area contributed by atoms with Crippen LogP contribution in [0.25, 0.3) is 0 Å². The van der Waals surface area contributed by atoms with E-state index in [1.165, 1.54) is 62.8 Å². The number of imidazole rings is 1. The first kappa shape index (κ1) is 13.9. The highest BCUT2D eigenvalue weighted by atomic mass is 16.2. The van der Waals surface area contributed by atoms with Crippen LogP contribution in [0.1, 0.15) is 68.8 Å². The molecule has 6 aliphatic rings. The van der Waals surface area contributed by atoms with E-state index in [-0.39, 0.29) is 11.5 Å². The van der Waals surface area contributed by atoms with Crippen molar-refractivity contribution in [2.75, 3.05) is 6.54 Å². The zero-order chi connectivity index (χ0) is 15.9. The third-order valence-corrected chi connectivity index (χ3v) is 7.79. The number of fused-ring (bicyclic) bond motifs is 1. The number of hydrogen-bond acceptors (Lipinski definition) is 2. The van der Waals surface area contributed by atoms with E-state index >= 15 is 0 Å². The van der Waals surface area contributed by atoms with Crippen molar-refractivity contribution in [2.45, 2.75) is 63.8 Å². The van der Waals surface area contributed by atoms with E-state index in [2.05, 4.69) is 14.9 Å². The van der Waals surface area contributed by atoms with Crippen molar-refractivity contribution in [3.05, 3.63) is 17.7 Å². The van der Waals surface area contributed by atoms with Gasteiger partial charge in [0.1, 0.15) is 0 Å². The molecule has 1 atom stereocenters. The van der Waals surface area contributed by atoms with Gasteiger partial charge in [-0.25, -0.2) is 4.98 Å². The molecule has 4 bridgehead atoms. The van der Waals surface area contributed by atoms with Gasteiger partial charge in [0.15, 0.2) is 0 Å². The van der Waals surface area contributed by atoms with Crippen LogP contribution < -0.4 is 0 Å². The Labute approximate surface area is 143 Å². The normalized spacial score (nSPS) is 43.1. The van der Waals surface area contributed by atoms with Gasteiger partial charge in [0.2, 0.25) is 5.91 Å². The Hall–Kier alpha value is -1.32. The average molecular weight is 325 g/mol. The van der Waals surface area contributed by atoms with Crippen molar-refractivity contribution >= 4 is 5.91 Å². The van der Waals surface area contributed by atoms with Crippen LogP contribution in [-0.2, 0) is 11.2 Å². The van der Waals surface area contributed by atoms with Gasteiger partial charge in [0.25, 0.3) is 0 Å². The number of carbonyl (C=O) groups excluding carboxylic acids is 1. The molecule has 7 rings (SSSR count). The summed E-state index contributed by atoms with van der Waals surface area (Å²) in [6, 6.07) is 0.264. The molecule has 1 aliphatic heterocycles. The number of nitrogens with zero attached hydrogens (tertiary/aromatic N) is 2. The second-order valence-corrected chi connectivity index (χ2v) is 9.50. The topological polar surface area (TPSA) is 49.0 Å². The smallest absolute Gasteiger partial charge is 0.229 e. The minimum atomic E-state index is -0.00427. The van der Waals surface area contributed by atoms with Gasteiger partial charge in [-0.15, -0.1) is 0 Å². The summed E-state index contributed by atoms with van der Waals surface area (Å²) in [5.74, 6) is 3.68. The number of H-pyrrole nitrogens is 1. The molecule has 5 saturated carbocycles. The molecule has 0 saturated heterocycles. The lowest BCUT2D eigenvalue weighted by molar-refractivity contribution is -0.161. The molecule has 128 valence electrons. The van der Waals surface area contributed by atoms with E-state index in [0.29, 0.717) is 11.8 Å². The maximum Gasteiger partial charge on any atom is 0.229 e. The quantitative estimate of drug-likeness (QED) is 0.905. The van der Waals surface area contributed by atoms with Crippen LogP contribution >= 0.6 is 0 Å². The number of amides is 1. The second-order valence-electron chi connectivity index (χ2n) is 9.50. The minimum absolute atomic E-state index is 0.00427. The van der Waals surface area contributed by atoms with Crippen LogP contribution in [0.5, 0.6) is 0 Å². The molecule has 2 heterocycles. The van der Waals surface area contributed by atoms with Crippen LogP contribution in [0.15, 0.2) is 6.33 Å². The fourth-order valence-electron chi connectivity index (χ4n) is 7.10. The average Bonchev–Trinajstić information content (AvgIpc) is 3.28. The minimum Gasteiger partial charge on any atom is -0.348 e. The number of nitrogens with one attached hydrogen (secondary N) is 1. The van der Waals surface area contributed by atoms with Crippen LogP contribution in [-0.4, -0.2) is 27.3 Å². The zero-order valence-corrected chi connectivity index (χ0v) is 14.3. The fraction of sp³-hybridized carbons (Fsp3) is 0.800. The number of carbonyl (C=O) groups is 1. The maximum atomic E-state index is 13.8. The summed E-state index contributed by atoms with van der Waals surface area (Å²) in [7, 11) is 0. The second kappa shape index (κ2) is 4.64. The summed E-state index contributed by atoms with van der Waals surface area (Å²) in [5.41, 5.74) is 2.46. The van der Waals surface area contributed by atoms with Crippen molar-refractivity contribution < 1.29 is 4.79 Å². The standard InChI is InChI=1S/C20H27N3O/c24-19(20-8-12-5-13(9-20)7-14(6-12)10-20)23-4-3-16-17(22-11-21-16)18(23)15-1-2-15/h11-15,18H,1-10H2,(H,21,22). The highest BCUT2D eigenvalue weighted by Crippen LogP contribution is 2.61.